The summed E-state index contributed by atoms with van der Waals surface area (Å²) >= 11 is 6.27. The molecule has 134 valence electrons. The molecule has 0 atom stereocenters. The molecule has 26 heavy (non-hydrogen) atoms. The first-order valence-electron chi connectivity index (χ1n) is 7.76. The third-order valence-corrected chi connectivity index (χ3v) is 4.24. The van der Waals surface area contributed by atoms with E-state index >= 15 is 0 Å². The Morgan fingerprint density at radius 3 is 2.62 bits per heavy atom. The highest BCUT2D eigenvalue weighted by atomic mass is 35.5. The molecular formula is C17H15ClN4O4. The van der Waals surface area contributed by atoms with Crippen molar-refractivity contribution in [2.45, 2.75) is 12.8 Å². The minimum atomic E-state index is -1.21. The summed E-state index contributed by atoms with van der Waals surface area (Å²) in [7, 11) is 0. The number of benzene rings is 1. The van der Waals surface area contributed by atoms with Crippen LogP contribution in [0.2, 0.25) is 5.02 Å². The number of pyridine rings is 1. The van der Waals surface area contributed by atoms with E-state index in [4.69, 9.17) is 16.7 Å². The summed E-state index contributed by atoms with van der Waals surface area (Å²) in [5.41, 5.74) is 1.49. The fourth-order valence-corrected chi connectivity index (χ4v) is 2.90. The zero-order chi connectivity index (χ0) is 18.7. The summed E-state index contributed by atoms with van der Waals surface area (Å²) < 4.78 is 1.39. The number of amides is 1. The number of halogens is 1. The topological polar surface area (TPSA) is 117 Å². The molecule has 3 rings (SSSR count). The predicted octanol–water partition coefficient (Wildman–Crippen LogP) is 1.69. The Balaban J connectivity index is 1.98. The van der Waals surface area contributed by atoms with Crippen molar-refractivity contribution in [2.24, 2.45) is 0 Å². The van der Waals surface area contributed by atoms with E-state index in [0.717, 1.165) is 5.56 Å². The quantitative estimate of drug-likeness (QED) is 0.604. The van der Waals surface area contributed by atoms with Gasteiger partial charge in [-0.3, -0.25) is 9.59 Å². The highest BCUT2D eigenvalue weighted by Gasteiger charge is 2.24. The van der Waals surface area contributed by atoms with Crippen molar-refractivity contribution >= 4 is 29.1 Å². The molecule has 0 saturated carbocycles. The van der Waals surface area contributed by atoms with Crippen LogP contribution in [0.25, 0.3) is 5.65 Å². The van der Waals surface area contributed by atoms with Gasteiger partial charge in [0, 0.05) is 0 Å². The third-order valence-electron chi connectivity index (χ3n) is 3.85. The average Bonchev–Trinajstić information content (AvgIpc) is 3.10. The number of carboxylic acid groups (broad SMARTS) is 1. The number of nitrogens with zero attached hydrogens (tertiary/aromatic N) is 3. The molecule has 0 radical (unpaired) electrons. The number of carbonyl (C=O) groups is 2. The maximum Gasteiger partial charge on any atom is 0.322 e. The van der Waals surface area contributed by atoms with Gasteiger partial charge in [-0.1, -0.05) is 41.9 Å². The van der Waals surface area contributed by atoms with Crippen LogP contribution < -0.4 is 5.32 Å². The Hall–Kier alpha value is -3.13. The van der Waals surface area contributed by atoms with Crippen LogP contribution in [0.5, 0.6) is 5.75 Å². The fourth-order valence-electron chi connectivity index (χ4n) is 2.63. The molecule has 1 amide bonds. The molecule has 0 saturated heterocycles. The Morgan fingerprint density at radius 1 is 1.19 bits per heavy atom. The maximum absolute atomic E-state index is 12.3. The smallest absolute Gasteiger partial charge is 0.322 e. The lowest BCUT2D eigenvalue weighted by Gasteiger charge is -2.13. The van der Waals surface area contributed by atoms with Gasteiger partial charge in [0.25, 0.3) is 5.91 Å². The number of aryl methyl sites for hydroxylation is 2. The molecule has 0 spiro atoms. The second kappa shape index (κ2) is 7.40. The number of nitrogens with one attached hydrogen (secondary N) is 1. The molecular weight excluding hydrogens is 360 g/mol. The number of carbonyl (C=O) groups excluding carboxylic acids is 1. The summed E-state index contributed by atoms with van der Waals surface area (Å²) in [5.74, 6) is -2.45. The molecule has 8 nitrogen and oxygen atoms in total. The first-order valence-corrected chi connectivity index (χ1v) is 8.13. The van der Waals surface area contributed by atoms with Crippen LogP contribution in [0.1, 0.15) is 21.6 Å². The van der Waals surface area contributed by atoms with Crippen LogP contribution >= 0.6 is 11.6 Å². The number of carboxylic acids is 1. The average molecular weight is 375 g/mol. The zero-order valence-corrected chi connectivity index (χ0v) is 14.3. The van der Waals surface area contributed by atoms with Crippen LogP contribution in [0, 0.1) is 0 Å². The zero-order valence-electron chi connectivity index (χ0n) is 13.5. The van der Waals surface area contributed by atoms with Crippen molar-refractivity contribution in [3.8, 4) is 5.75 Å². The summed E-state index contributed by atoms with van der Waals surface area (Å²) in [6, 6.07) is 9.72. The van der Waals surface area contributed by atoms with E-state index in [1.165, 1.54) is 10.8 Å². The molecule has 0 fully saturated rings. The number of aromatic hydroxyl groups is 1. The lowest BCUT2D eigenvalue weighted by molar-refractivity contribution is -0.135. The van der Waals surface area contributed by atoms with Gasteiger partial charge in [0.1, 0.15) is 23.5 Å². The molecule has 3 N–H and O–H groups in total. The Bertz CT molecular complexity index is 972. The van der Waals surface area contributed by atoms with Crippen molar-refractivity contribution in [3.63, 3.8) is 0 Å². The minimum Gasteiger partial charge on any atom is -0.505 e. The fraction of sp³-hybridized carbons (Fsp3) is 0.176. The molecule has 0 aliphatic heterocycles. The Labute approximate surface area is 153 Å². The van der Waals surface area contributed by atoms with Crippen LogP contribution in [0.15, 0.2) is 36.7 Å². The largest absolute Gasteiger partial charge is 0.505 e. The van der Waals surface area contributed by atoms with E-state index in [2.05, 4.69) is 15.4 Å². The van der Waals surface area contributed by atoms with E-state index in [0.29, 0.717) is 18.5 Å². The van der Waals surface area contributed by atoms with Crippen LogP contribution in [-0.2, 0) is 17.6 Å². The van der Waals surface area contributed by atoms with Gasteiger partial charge in [-0.05, 0) is 18.4 Å². The van der Waals surface area contributed by atoms with E-state index in [1.807, 2.05) is 30.3 Å². The van der Waals surface area contributed by atoms with Crippen molar-refractivity contribution in [1.29, 1.82) is 0 Å². The minimum absolute atomic E-state index is 0.0144. The van der Waals surface area contributed by atoms with Gasteiger partial charge in [-0.2, -0.15) is 5.10 Å². The van der Waals surface area contributed by atoms with Gasteiger partial charge in [-0.25, -0.2) is 9.50 Å². The number of aromatic nitrogens is 3. The number of aliphatic carboxylic acids is 1. The molecule has 3 aromatic rings. The van der Waals surface area contributed by atoms with Crippen molar-refractivity contribution in [3.05, 3.63) is 58.5 Å². The summed E-state index contributed by atoms with van der Waals surface area (Å²) in [6.45, 7) is -0.591. The van der Waals surface area contributed by atoms with Gasteiger partial charge >= 0.3 is 5.97 Å². The highest BCUT2D eigenvalue weighted by Crippen LogP contribution is 2.34. The predicted molar refractivity (Wildman–Crippen MR) is 93.5 cm³/mol. The second-order valence-electron chi connectivity index (χ2n) is 5.54. The lowest BCUT2D eigenvalue weighted by atomic mass is 10.1. The van der Waals surface area contributed by atoms with E-state index in [1.54, 1.807) is 0 Å². The van der Waals surface area contributed by atoms with Crippen LogP contribution in [-0.4, -0.2) is 43.2 Å². The summed E-state index contributed by atoms with van der Waals surface area (Å²) in [6.07, 6.45) is 2.36. The number of fused-ring (bicyclic) bond motifs is 1. The number of hydrogen-bond donors (Lipinski definition) is 3. The number of rotatable bonds is 6. The molecule has 2 aromatic heterocycles. The van der Waals surface area contributed by atoms with Crippen LogP contribution in [0.3, 0.4) is 0 Å². The van der Waals surface area contributed by atoms with Gasteiger partial charge in [0.15, 0.2) is 11.4 Å². The normalized spacial score (nSPS) is 10.8. The van der Waals surface area contributed by atoms with Crippen molar-refractivity contribution < 1.29 is 19.8 Å². The number of hydrogen-bond acceptors (Lipinski definition) is 5. The van der Waals surface area contributed by atoms with Crippen LogP contribution in [0.4, 0.5) is 0 Å². The third kappa shape index (κ3) is 3.45. The van der Waals surface area contributed by atoms with Gasteiger partial charge in [0.2, 0.25) is 0 Å². The van der Waals surface area contributed by atoms with E-state index in [9.17, 15) is 14.7 Å². The lowest BCUT2D eigenvalue weighted by Crippen LogP contribution is -2.30. The van der Waals surface area contributed by atoms with Gasteiger partial charge in [-0.15, -0.1) is 0 Å². The molecule has 9 heteroatoms. The van der Waals surface area contributed by atoms with Gasteiger partial charge < -0.3 is 15.5 Å². The molecule has 0 aliphatic rings. The maximum atomic E-state index is 12.3. The van der Waals surface area contributed by atoms with Gasteiger partial charge in [0.05, 0.1) is 5.69 Å². The van der Waals surface area contributed by atoms with E-state index < -0.39 is 24.2 Å². The summed E-state index contributed by atoms with van der Waals surface area (Å²) in [4.78, 5) is 26.9. The second-order valence-corrected chi connectivity index (χ2v) is 5.92. The monoisotopic (exact) mass is 374 g/mol. The SMILES string of the molecule is O=C(O)CNC(=O)c1c(O)c(Cl)c(CCc2ccccc2)n2ncnc12. The molecule has 0 unspecified atom stereocenters. The first kappa shape index (κ1) is 17.7. The molecule has 1 aromatic carbocycles. The van der Waals surface area contributed by atoms with Crippen molar-refractivity contribution in [2.75, 3.05) is 6.54 Å². The Kier molecular flexibility index (Phi) is 5.04. The summed E-state index contributed by atoms with van der Waals surface area (Å²) in [5, 5.41) is 25.4. The molecule has 0 bridgehead atoms. The molecule has 0 aliphatic carbocycles. The first-order chi connectivity index (χ1) is 12.5. The standard InChI is InChI=1S/C17H15ClN4O4/c18-14-11(7-6-10-4-2-1-3-5-10)22-16(20-9-21-22)13(15(14)25)17(26)19-8-12(23)24/h1-5,9,25H,6-8H2,(H,19,26)(H,23,24). The Morgan fingerprint density at radius 2 is 1.92 bits per heavy atom. The van der Waals surface area contributed by atoms with Crippen molar-refractivity contribution in [1.82, 2.24) is 19.9 Å². The highest BCUT2D eigenvalue weighted by molar-refractivity contribution is 6.33. The molecule has 2 heterocycles. The van der Waals surface area contributed by atoms with E-state index in [-0.39, 0.29) is 16.2 Å².